The quantitative estimate of drug-likeness (QED) is 0.366. The number of H-pyrrole nitrogens is 1. The van der Waals surface area contributed by atoms with E-state index in [1.165, 1.54) is 19.4 Å². The zero-order chi connectivity index (χ0) is 16.5. The maximum Gasteiger partial charge on any atom is 0.322 e. The number of imidazole rings is 1. The van der Waals surface area contributed by atoms with Crippen LogP contribution in [0.15, 0.2) is 12.5 Å². The van der Waals surface area contributed by atoms with Crippen LogP contribution in [0.1, 0.15) is 12.6 Å². The number of carbonyl (C=O) groups excluding carboxylic acids is 3. The highest BCUT2D eigenvalue weighted by Gasteiger charge is 2.22. The lowest BCUT2D eigenvalue weighted by atomic mass is 10.1. The molecule has 0 aromatic carbocycles. The minimum Gasteiger partial charge on any atom is -0.480 e. The molecule has 0 bridgehead atoms. The van der Waals surface area contributed by atoms with Crippen molar-refractivity contribution in [3.8, 4) is 0 Å². The van der Waals surface area contributed by atoms with Crippen molar-refractivity contribution in [3.05, 3.63) is 18.2 Å². The number of nitrogens with zero attached hydrogens (tertiary/aromatic N) is 1. The molecule has 3 amide bonds. The average molecular weight is 311 g/mol. The van der Waals surface area contributed by atoms with Crippen LogP contribution in [0.2, 0.25) is 0 Å². The molecule has 0 radical (unpaired) electrons. The van der Waals surface area contributed by atoms with Crippen LogP contribution in [0.5, 0.6) is 0 Å². The summed E-state index contributed by atoms with van der Waals surface area (Å²) in [7, 11) is 0. The first kappa shape index (κ1) is 17.1. The van der Waals surface area contributed by atoms with Gasteiger partial charge in [0.15, 0.2) is 0 Å². The molecule has 0 saturated heterocycles. The minimum atomic E-state index is -1.20. The predicted molar refractivity (Wildman–Crippen MR) is 73.6 cm³/mol. The van der Waals surface area contributed by atoms with Crippen molar-refractivity contribution in [3.63, 3.8) is 0 Å². The van der Waals surface area contributed by atoms with Crippen molar-refractivity contribution < 1.29 is 24.3 Å². The van der Waals surface area contributed by atoms with Gasteiger partial charge in [-0.25, -0.2) is 4.98 Å². The van der Waals surface area contributed by atoms with E-state index in [4.69, 9.17) is 5.11 Å². The van der Waals surface area contributed by atoms with Gasteiger partial charge in [0.2, 0.25) is 17.7 Å². The van der Waals surface area contributed by atoms with Crippen molar-refractivity contribution in [2.75, 3.05) is 13.1 Å². The number of hydrogen-bond donors (Lipinski definition) is 5. The summed E-state index contributed by atoms with van der Waals surface area (Å²) in [6.45, 7) is 0.426. The number of carboxylic acids is 1. The second kappa shape index (κ2) is 8.39. The molecule has 10 nitrogen and oxygen atoms in total. The Morgan fingerprint density at radius 3 is 2.55 bits per heavy atom. The summed E-state index contributed by atoms with van der Waals surface area (Å²) in [5.74, 6) is -2.79. The highest BCUT2D eigenvalue weighted by Crippen LogP contribution is 1.99. The van der Waals surface area contributed by atoms with E-state index in [1.54, 1.807) is 0 Å². The molecule has 1 aromatic rings. The van der Waals surface area contributed by atoms with Gasteiger partial charge in [0.25, 0.3) is 0 Å². The first-order valence-corrected chi connectivity index (χ1v) is 6.39. The standard InChI is InChI=1S/C12H17N5O5/c1-7(18)14-4-10(19)17-9(2-8-3-13-6-16-8)12(22)15-5-11(20)21/h3,6,9H,2,4-5H2,1H3,(H,13,16)(H,14,18)(H,15,22)(H,17,19)(H,20,21). The van der Waals surface area contributed by atoms with Gasteiger partial charge < -0.3 is 26.0 Å². The van der Waals surface area contributed by atoms with Crippen molar-refractivity contribution >= 4 is 23.7 Å². The van der Waals surface area contributed by atoms with Gasteiger partial charge in [0.1, 0.15) is 12.6 Å². The minimum absolute atomic E-state index is 0.108. The highest BCUT2D eigenvalue weighted by atomic mass is 16.4. The van der Waals surface area contributed by atoms with E-state index < -0.39 is 30.4 Å². The van der Waals surface area contributed by atoms with Gasteiger partial charge >= 0.3 is 5.97 Å². The summed E-state index contributed by atoms with van der Waals surface area (Å²) in [5, 5.41) is 15.5. The Labute approximate surface area is 125 Å². The molecule has 0 aliphatic rings. The molecule has 1 rings (SSSR count). The van der Waals surface area contributed by atoms with Crippen LogP contribution in [-0.2, 0) is 25.6 Å². The van der Waals surface area contributed by atoms with Crippen LogP contribution in [-0.4, -0.2) is 57.9 Å². The highest BCUT2D eigenvalue weighted by molar-refractivity contribution is 5.91. The zero-order valence-corrected chi connectivity index (χ0v) is 11.9. The number of aliphatic carboxylic acids is 1. The van der Waals surface area contributed by atoms with Gasteiger partial charge in [-0.1, -0.05) is 0 Å². The third-order valence-electron chi connectivity index (χ3n) is 2.54. The SMILES string of the molecule is CC(=O)NCC(=O)NC(Cc1cnc[nH]1)C(=O)NCC(=O)O. The van der Waals surface area contributed by atoms with Crippen molar-refractivity contribution in [1.82, 2.24) is 25.9 Å². The number of aromatic nitrogens is 2. The van der Waals surface area contributed by atoms with Crippen LogP contribution >= 0.6 is 0 Å². The lowest BCUT2D eigenvalue weighted by molar-refractivity contribution is -0.138. The van der Waals surface area contributed by atoms with E-state index in [0.717, 1.165) is 0 Å². The summed E-state index contributed by atoms with van der Waals surface area (Å²) in [6, 6.07) is -0.985. The molecule has 0 aliphatic heterocycles. The molecular formula is C12H17N5O5. The van der Waals surface area contributed by atoms with Crippen molar-refractivity contribution in [2.45, 2.75) is 19.4 Å². The second-order valence-electron chi connectivity index (χ2n) is 4.42. The molecule has 1 aromatic heterocycles. The van der Waals surface area contributed by atoms with E-state index in [2.05, 4.69) is 25.9 Å². The Bertz CT molecular complexity index is 542. The fourth-order valence-electron chi connectivity index (χ4n) is 1.56. The van der Waals surface area contributed by atoms with Crippen LogP contribution in [0.3, 0.4) is 0 Å². The van der Waals surface area contributed by atoms with Gasteiger partial charge in [0, 0.05) is 25.2 Å². The molecule has 22 heavy (non-hydrogen) atoms. The van der Waals surface area contributed by atoms with Crippen LogP contribution < -0.4 is 16.0 Å². The molecule has 1 heterocycles. The summed E-state index contributed by atoms with van der Waals surface area (Å²) in [5.41, 5.74) is 0.593. The lowest BCUT2D eigenvalue weighted by Gasteiger charge is -2.17. The Hall–Kier alpha value is -2.91. The molecule has 120 valence electrons. The van der Waals surface area contributed by atoms with Crippen LogP contribution in [0.25, 0.3) is 0 Å². The zero-order valence-electron chi connectivity index (χ0n) is 11.9. The topological polar surface area (TPSA) is 153 Å². The molecule has 1 atom stereocenters. The maximum atomic E-state index is 11.9. The van der Waals surface area contributed by atoms with E-state index in [1.807, 2.05) is 0 Å². The fraction of sp³-hybridized carbons (Fsp3) is 0.417. The third kappa shape index (κ3) is 6.50. The number of rotatable bonds is 8. The first-order valence-electron chi connectivity index (χ1n) is 6.39. The van der Waals surface area contributed by atoms with Gasteiger partial charge in [-0.15, -0.1) is 0 Å². The largest absolute Gasteiger partial charge is 0.480 e. The summed E-state index contributed by atoms with van der Waals surface area (Å²) in [4.78, 5) is 51.4. The molecule has 1 unspecified atom stereocenters. The van der Waals surface area contributed by atoms with Crippen LogP contribution in [0.4, 0.5) is 0 Å². The second-order valence-corrected chi connectivity index (χ2v) is 4.42. The number of amides is 3. The Kier molecular flexibility index (Phi) is 6.54. The lowest BCUT2D eigenvalue weighted by Crippen LogP contribution is -2.51. The van der Waals surface area contributed by atoms with Gasteiger partial charge in [0.05, 0.1) is 12.9 Å². The Balaban J connectivity index is 2.64. The average Bonchev–Trinajstić information content (AvgIpc) is 2.94. The van der Waals surface area contributed by atoms with E-state index in [9.17, 15) is 19.2 Å². The number of aromatic amines is 1. The summed E-state index contributed by atoms with van der Waals surface area (Å²) < 4.78 is 0. The van der Waals surface area contributed by atoms with E-state index in [0.29, 0.717) is 5.69 Å². The number of nitrogens with one attached hydrogen (secondary N) is 4. The van der Waals surface area contributed by atoms with E-state index in [-0.39, 0.29) is 18.9 Å². The molecule has 0 fully saturated rings. The monoisotopic (exact) mass is 311 g/mol. The normalized spacial score (nSPS) is 11.3. The van der Waals surface area contributed by atoms with E-state index >= 15 is 0 Å². The van der Waals surface area contributed by atoms with Gasteiger partial charge in [-0.3, -0.25) is 19.2 Å². The molecule has 0 spiro atoms. The Morgan fingerprint density at radius 2 is 2.00 bits per heavy atom. The summed E-state index contributed by atoms with van der Waals surface area (Å²) in [6.07, 6.45) is 3.01. The molecular weight excluding hydrogens is 294 g/mol. The fourth-order valence-corrected chi connectivity index (χ4v) is 1.56. The molecule has 0 aliphatic carbocycles. The Morgan fingerprint density at radius 1 is 1.27 bits per heavy atom. The third-order valence-corrected chi connectivity index (χ3v) is 2.54. The maximum absolute atomic E-state index is 11.9. The van der Waals surface area contributed by atoms with Crippen LogP contribution in [0, 0.1) is 0 Å². The molecule has 10 heteroatoms. The first-order chi connectivity index (χ1) is 10.4. The molecule has 0 saturated carbocycles. The summed E-state index contributed by atoms with van der Waals surface area (Å²) >= 11 is 0. The van der Waals surface area contributed by atoms with Gasteiger partial charge in [-0.2, -0.15) is 0 Å². The smallest absolute Gasteiger partial charge is 0.322 e. The number of carbonyl (C=O) groups is 4. The van der Waals surface area contributed by atoms with Gasteiger partial charge in [-0.05, 0) is 0 Å². The van der Waals surface area contributed by atoms with Crippen molar-refractivity contribution in [1.29, 1.82) is 0 Å². The van der Waals surface area contributed by atoms with Crippen molar-refractivity contribution in [2.24, 2.45) is 0 Å². The predicted octanol–water partition coefficient (Wildman–Crippen LogP) is -2.23. The number of carboxylic acid groups (broad SMARTS) is 1. The number of hydrogen-bond acceptors (Lipinski definition) is 5. The molecule has 5 N–H and O–H groups in total.